The maximum atomic E-state index is 13.4. The quantitative estimate of drug-likeness (QED) is 0.606. The molecule has 0 aliphatic heterocycles. The van der Waals surface area contributed by atoms with E-state index in [-0.39, 0.29) is 23.9 Å². The van der Waals surface area contributed by atoms with Crippen molar-refractivity contribution in [1.29, 1.82) is 0 Å². The molecule has 152 valence electrons. The average Bonchev–Trinajstić information content (AvgIpc) is 2.65. The minimum absolute atomic E-state index is 0.0398. The van der Waals surface area contributed by atoms with Crippen molar-refractivity contribution in [3.8, 4) is 0 Å². The van der Waals surface area contributed by atoms with E-state index in [1.54, 1.807) is 32.0 Å². The maximum absolute atomic E-state index is 13.4. The van der Waals surface area contributed by atoms with Crippen molar-refractivity contribution >= 4 is 26.8 Å². The molecule has 0 atom stereocenters. The third-order valence-electron chi connectivity index (χ3n) is 4.48. The van der Waals surface area contributed by atoms with Crippen LogP contribution in [-0.4, -0.2) is 32.4 Å². The molecule has 3 rings (SSSR count). The molecule has 3 aromatic rings. The van der Waals surface area contributed by atoms with Gasteiger partial charge in [0.25, 0.3) is 5.91 Å². The van der Waals surface area contributed by atoms with Crippen LogP contribution >= 0.6 is 0 Å². The lowest BCUT2D eigenvalue weighted by molar-refractivity contribution is 0.0956. The predicted molar refractivity (Wildman–Crippen MR) is 110 cm³/mol. The van der Waals surface area contributed by atoms with E-state index >= 15 is 0 Å². The fraction of sp³-hybridized carbons (Fsp3) is 0.238. The van der Waals surface area contributed by atoms with Gasteiger partial charge in [-0.15, -0.1) is 0 Å². The average molecular weight is 415 g/mol. The van der Waals surface area contributed by atoms with E-state index in [1.807, 2.05) is 13.0 Å². The van der Waals surface area contributed by atoms with Crippen LogP contribution in [0.3, 0.4) is 0 Å². The van der Waals surface area contributed by atoms with Gasteiger partial charge in [-0.2, -0.15) is 0 Å². The summed E-state index contributed by atoms with van der Waals surface area (Å²) in [6.07, 6.45) is 0. The first-order valence-electron chi connectivity index (χ1n) is 9.09. The van der Waals surface area contributed by atoms with Gasteiger partial charge in [0.15, 0.2) is 0 Å². The fourth-order valence-corrected chi connectivity index (χ4v) is 4.41. The molecule has 8 heteroatoms. The topological polar surface area (TPSA) is 88.2 Å². The van der Waals surface area contributed by atoms with Crippen molar-refractivity contribution < 1.29 is 17.6 Å². The number of aromatic nitrogens is 1. The lowest BCUT2D eigenvalue weighted by atomic mass is 10.1. The van der Waals surface area contributed by atoms with Crippen LogP contribution in [0.15, 0.2) is 47.4 Å². The minimum atomic E-state index is -3.68. The van der Waals surface area contributed by atoms with Gasteiger partial charge in [0, 0.05) is 30.2 Å². The second kappa shape index (κ2) is 8.26. The normalized spacial score (nSPS) is 11.6. The van der Waals surface area contributed by atoms with E-state index in [2.05, 4.69) is 15.0 Å². The van der Waals surface area contributed by atoms with Gasteiger partial charge in [0.2, 0.25) is 10.0 Å². The Hall–Kier alpha value is -2.84. The summed E-state index contributed by atoms with van der Waals surface area (Å²) in [6.45, 7) is 5.42. The van der Waals surface area contributed by atoms with Gasteiger partial charge in [-0.1, -0.05) is 12.1 Å². The summed E-state index contributed by atoms with van der Waals surface area (Å²) in [4.78, 5) is 17.0. The number of rotatable bonds is 6. The van der Waals surface area contributed by atoms with Gasteiger partial charge < -0.3 is 5.32 Å². The number of fused-ring (bicyclic) bond motifs is 1. The largest absolute Gasteiger partial charge is 0.351 e. The van der Waals surface area contributed by atoms with Gasteiger partial charge in [0.1, 0.15) is 5.82 Å². The van der Waals surface area contributed by atoms with E-state index < -0.39 is 15.8 Å². The van der Waals surface area contributed by atoms with Crippen LogP contribution in [0.4, 0.5) is 4.39 Å². The molecule has 2 N–H and O–H groups in total. The maximum Gasteiger partial charge on any atom is 0.252 e. The number of sulfonamides is 1. The van der Waals surface area contributed by atoms with Crippen LogP contribution in [0.25, 0.3) is 10.9 Å². The van der Waals surface area contributed by atoms with Crippen molar-refractivity contribution in [2.75, 3.05) is 13.1 Å². The van der Waals surface area contributed by atoms with Gasteiger partial charge in [-0.3, -0.25) is 9.78 Å². The Morgan fingerprint density at radius 1 is 1.03 bits per heavy atom. The van der Waals surface area contributed by atoms with E-state index in [4.69, 9.17) is 0 Å². The smallest absolute Gasteiger partial charge is 0.252 e. The molecular formula is C21H22FN3O3S. The number of aryl methyl sites for hydroxylation is 3. The number of benzene rings is 2. The van der Waals surface area contributed by atoms with Gasteiger partial charge in [-0.05, 0) is 56.2 Å². The number of hydrogen-bond donors (Lipinski definition) is 2. The molecular weight excluding hydrogens is 393 g/mol. The molecule has 0 aliphatic rings. The molecule has 0 bridgehead atoms. The third-order valence-corrected chi connectivity index (χ3v) is 6.08. The lowest BCUT2D eigenvalue weighted by Crippen LogP contribution is -2.35. The molecule has 29 heavy (non-hydrogen) atoms. The van der Waals surface area contributed by atoms with Crippen LogP contribution in [0.5, 0.6) is 0 Å². The Balaban J connectivity index is 1.68. The fourth-order valence-electron chi connectivity index (χ4n) is 3.05. The Bertz CT molecular complexity index is 1190. The first-order chi connectivity index (χ1) is 13.7. The van der Waals surface area contributed by atoms with Crippen molar-refractivity contribution in [2.24, 2.45) is 0 Å². The molecule has 0 saturated heterocycles. The second-order valence-electron chi connectivity index (χ2n) is 6.90. The van der Waals surface area contributed by atoms with Crippen molar-refractivity contribution in [3.05, 3.63) is 70.7 Å². The van der Waals surface area contributed by atoms with Crippen molar-refractivity contribution in [2.45, 2.75) is 25.7 Å². The summed E-state index contributed by atoms with van der Waals surface area (Å²) in [5.74, 6) is -0.805. The zero-order valence-electron chi connectivity index (χ0n) is 16.4. The summed E-state index contributed by atoms with van der Waals surface area (Å²) < 4.78 is 41.0. The SMILES string of the molecule is Cc1ccc(C)c(S(=O)(=O)NCCNC(=O)c2cc(C)nc3cc(F)ccc23)c1. The van der Waals surface area contributed by atoms with E-state index in [9.17, 15) is 17.6 Å². The van der Waals surface area contributed by atoms with Crippen LogP contribution in [0.1, 0.15) is 27.2 Å². The zero-order valence-corrected chi connectivity index (χ0v) is 17.2. The van der Waals surface area contributed by atoms with Gasteiger partial charge in [0.05, 0.1) is 16.0 Å². The molecule has 0 unspecified atom stereocenters. The highest BCUT2D eigenvalue weighted by Gasteiger charge is 2.17. The Morgan fingerprint density at radius 2 is 1.79 bits per heavy atom. The van der Waals surface area contributed by atoms with Crippen molar-refractivity contribution in [3.63, 3.8) is 0 Å². The van der Waals surface area contributed by atoms with E-state index in [0.717, 1.165) is 5.56 Å². The zero-order chi connectivity index (χ0) is 21.2. The van der Waals surface area contributed by atoms with Crippen molar-refractivity contribution in [1.82, 2.24) is 15.0 Å². The molecule has 0 aliphatic carbocycles. The first-order valence-corrected chi connectivity index (χ1v) is 10.6. The number of amides is 1. The number of carbonyl (C=O) groups excluding carboxylic acids is 1. The standard InChI is InChI=1S/C21H22FN3O3S/c1-13-4-5-14(2)20(10-13)29(27,28)24-9-8-23-21(26)18-11-15(3)25-19-12-16(22)6-7-17(18)19/h4-7,10-12,24H,8-9H2,1-3H3,(H,23,26). The monoisotopic (exact) mass is 415 g/mol. The summed E-state index contributed by atoms with van der Waals surface area (Å²) >= 11 is 0. The molecule has 1 heterocycles. The Morgan fingerprint density at radius 3 is 2.55 bits per heavy atom. The van der Waals surface area contributed by atoms with E-state index in [0.29, 0.717) is 27.7 Å². The number of halogens is 1. The molecule has 2 aromatic carbocycles. The second-order valence-corrected chi connectivity index (χ2v) is 8.63. The summed E-state index contributed by atoms with van der Waals surface area (Å²) in [5.41, 5.74) is 2.85. The number of hydrogen-bond acceptors (Lipinski definition) is 4. The minimum Gasteiger partial charge on any atom is -0.351 e. The van der Waals surface area contributed by atoms with E-state index in [1.165, 1.54) is 18.2 Å². The van der Waals surface area contributed by atoms with Crippen LogP contribution in [0.2, 0.25) is 0 Å². The molecule has 1 aromatic heterocycles. The Labute approximate surface area is 169 Å². The predicted octanol–water partition coefficient (Wildman–Crippen LogP) is 3.01. The molecule has 6 nitrogen and oxygen atoms in total. The Kier molecular flexibility index (Phi) is 5.95. The lowest BCUT2D eigenvalue weighted by Gasteiger charge is -2.12. The number of nitrogens with one attached hydrogen (secondary N) is 2. The molecule has 1 amide bonds. The van der Waals surface area contributed by atoms with Crippen LogP contribution in [-0.2, 0) is 10.0 Å². The van der Waals surface area contributed by atoms with Crippen LogP contribution < -0.4 is 10.0 Å². The van der Waals surface area contributed by atoms with Crippen LogP contribution in [0, 0.1) is 26.6 Å². The highest BCUT2D eigenvalue weighted by atomic mass is 32.2. The first kappa shape index (κ1) is 20.9. The number of carbonyl (C=O) groups is 1. The summed E-state index contributed by atoms with van der Waals surface area (Å²) in [7, 11) is -3.68. The molecule has 0 radical (unpaired) electrons. The third kappa shape index (κ3) is 4.78. The van der Waals surface area contributed by atoms with Gasteiger partial charge in [-0.25, -0.2) is 17.5 Å². The van der Waals surface area contributed by atoms with Gasteiger partial charge >= 0.3 is 0 Å². The molecule has 0 fully saturated rings. The molecule has 0 spiro atoms. The molecule has 0 saturated carbocycles. The summed E-state index contributed by atoms with van der Waals surface area (Å²) in [5, 5.41) is 3.23. The highest BCUT2D eigenvalue weighted by Crippen LogP contribution is 2.20. The summed E-state index contributed by atoms with van der Waals surface area (Å²) in [6, 6.07) is 10.9. The highest BCUT2D eigenvalue weighted by molar-refractivity contribution is 7.89. The number of nitrogens with zero attached hydrogens (tertiary/aromatic N) is 1. The number of pyridine rings is 1.